The fourth-order valence-electron chi connectivity index (χ4n) is 2.21. The van der Waals surface area contributed by atoms with Gasteiger partial charge in [-0.25, -0.2) is 4.98 Å². The van der Waals surface area contributed by atoms with Crippen LogP contribution in [0, 0.1) is 20.8 Å². The Bertz CT molecular complexity index is 648. The summed E-state index contributed by atoms with van der Waals surface area (Å²) in [5.74, 6) is 0.160. The maximum absolute atomic E-state index is 12.6. The lowest BCUT2D eigenvalue weighted by Crippen LogP contribution is -2.35. The SMILES string of the molecule is Cc1nc(CN(C)C(C)C(=O)c2ccc(C)c(C)c2)cs1. The average molecular weight is 302 g/mol. The Morgan fingerprint density at radius 3 is 2.57 bits per heavy atom. The third kappa shape index (κ3) is 3.77. The lowest BCUT2D eigenvalue weighted by atomic mass is 10.00. The summed E-state index contributed by atoms with van der Waals surface area (Å²) in [5.41, 5.74) is 4.18. The third-order valence-corrected chi connectivity index (χ3v) is 4.73. The van der Waals surface area contributed by atoms with Crippen molar-refractivity contribution in [2.75, 3.05) is 7.05 Å². The minimum atomic E-state index is -0.158. The number of hydrogen-bond donors (Lipinski definition) is 0. The molecule has 1 aromatic heterocycles. The molecule has 0 aliphatic rings. The van der Waals surface area contributed by atoms with E-state index in [2.05, 4.69) is 17.3 Å². The number of nitrogens with zero attached hydrogens (tertiary/aromatic N) is 2. The van der Waals surface area contributed by atoms with Gasteiger partial charge in [0.15, 0.2) is 5.78 Å². The van der Waals surface area contributed by atoms with Gasteiger partial charge in [-0.3, -0.25) is 9.69 Å². The van der Waals surface area contributed by atoms with Gasteiger partial charge in [0.05, 0.1) is 16.7 Å². The summed E-state index contributed by atoms with van der Waals surface area (Å²) < 4.78 is 0. The molecule has 0 fully saturated rings. The zero-order valence-corrected chi connectivity index (χ0v) is 14.1. The second kappa shape index (κ2) is 6.50. The lowest BCUT2D eigenvalue weighted by molar-refractivity contribution is 0.0861. The van der Waals surface area contributed by atoms with Crippen LogP contribution in [0.15, 0.2) is 23.6 Å². The molecule has 0 spiro atoms. The summed E-state index contributed by atoms with van der Waals surface area (Å²) in [4.78, 5) is 19.1. The largest absolute Gasteiger partial charge is 0.292 e. The molecule has 21 heavy (non-hydrogen) atoms. The fraction of sp³-hybridized carbons (Fsp3) is 0.412. The predicted octanol–water partition coefficient (Wildman–Crippen LogP) is 3.77. The molecule has 1 aromatic carbocycles. The number of benzene rings is 1. The number of ketones is 1. The van der Waals surface area contributed by atoms with Gasteiger partial charge in [0, 0.05) is 17.5 Å². The molecule has 4 heteroatoms. The van der Waals surface area contributed by atoms with E-state index in [0.717, 1.165) is 21.8 Å². The molecule has 112 valence electrons. The van der Waals surface area contributed by atoms with Crippen molar-refractivity contribution in [3.8, 4) is 0 Å². The van der Waals surface area contributed by atoms with Gasteiger partial charge >= 0.3 is 0 Å². The molecule has 2 aromatic rings. The van der Waals surface area contributed by atoms with E-state index in [0.29, 0.717) is 6.54 Å². The first kappa shape index (κ1) is 15.9. The topological polar surface area (TPSA) is 33.2 Å². The molecule has 1 unspecified atom stereocenters. The van der Waals surface area contributed by atoms with E-state index in [1.165, 1.54) is 5.56 Å². The van der Waals surface area contributed by atoms with Crippen LogP contribution >= 0.6 is 11.3 Å². The monoisotopic (exact) mass is 302 g/mol. The van der Waals surface area contributed by atoms with E-state index < -0.39 is 0 Å². The van der Waals surface area contributed by atoms with Crippen LogP contribution in [0.25, 0.3) is 0 Å². The standard InChI is InChI=1S/C17H22N2OS/c1-11-6-7-15(8-12(11)2)17(20)13(3)19(5)9-16-10-21-14(4)18-16/h6-8,10,13H,9H2,1-5H3. The van der Waals surface area contributed by atoms with Crippen molar-refractivity contribution in [3.63, 3.8) is 0 Å². The predicted molar refractivity (Wildman–Crippen MR) is 88.0 cm³/mol. The molecular weight excluding hydrogens is 280 g/mol. The molecule has 1 atom stereocenters. The Balaban J connectivity index is 2.08. The van der Waals surface area contributed by atoms with E-state index in [1.54, 1.807) is 11.3 Å². The van der Waals surface area contributed by atoms with E-state index in [9.17, 15) is 4.79 Å². The summed E-state index contributed by atoms with van der Waals surface area (Å²) in [5, 5.41) is 3.12. The molecular formula is C17H22N2OS. The Morgan fingerprint density at radius 1 is 1.29 bits per heavy atom. The van der Waals surface area contributed by atoms with Crippen LogP contribution < -0.4 is 0 Å². The Hall–Kier alpha value is -1.52. The highest BCUT2D eigenvalue weighted by molar-refractivity contribution is 7.09. The minimum Gasteiger partial charge on any atom is -0.292 e. The summed E-state index contributed by atoms with van der Waals surface area (Å²) in [6.07, 6.45) is 0. The number of thiazole rings is 1. The van der Waals surface area contributed by atoms with Crippen LogP contribution in [0.5, 0.6) is 0 Å². The number of Topliss-reactive ketones (excluding diaryl/α,β-unsaturated/α-hetero) is 1. The van der Waals surface area contributed by atoms with E-state index in [4.69, 9.17) is 0 Å². The van der Waals surface area contributed by atoms with Crippen LogP contribution in [-0.4, -0.2) is 28.8 Å². The molecule has 3 nitrogen and oxygen atoms in total. The summed E-state index contributed by atoms with van der Waals surface area (Å²) in [6, 6.07) is 5.75. The first-order valence-corrected chi connectivity index (χ1v) is 7.99. The molecule has 0 saturated heterocycles. The van der Waals surface area contributed by atoms with Crippen molar-refractivity contribution in [1.82, 2.24) is 9.88 Å². The molecule has 2 rings (SSSR count). The first-order valence-electron chi connectivity index (χ1n) is 7.11. The first-order chi connectivity index (χ1) is 9.88. The molecule has 1 heterocycles. The highest BCUT2D eigenvalue weighted by Gasteiger charge is 2.20. The summed E-state index contributed by atoms with van der Waals surface area (Å²) in [6.45, 7) is 8.75. The van der Waals surface area contributed by atoms with Crippen LogP contribution in [-0.2, 0) is 6.54 Å². The maximum atomic E-state index is 12.6. The fourth-order valence-corrected chi connectivity index (χ4v) is 2.81. The molecule has 0 amide bonds. The summed E-state index contributed by atoms with van der Waals surface area (Å²) >= 11 is 1.64. The second-order valence-corrected chi connectivity index (χ2v) is 6.67. The number of carbonyl (C=O) groups excluding carboxylic acids is 1. The maximum Gasteiger partial charge on any atom is 0.179 e. The average Bonchev–Trinajstić information content (AvgIpc) is 2.85. The van der Waals surface area contributed by atoms with Crippen molar-refractivity contribution in [2.45, 2.75) is 40.3 Å². The highest BCUT2D eigenvalue weighted by atomic mass is 32.1. The van der Waals surface area contributed by atoms with Crippen molar-refractivity contribution in [1.29, 1.82) is 0 Å². The van der Waals surface area contributed by atoms with Crippen LogP contribution in [0.4, 0.5) is 0 Å². The Kier molecular flexibility index (Phi) is 4.91. The number of rotatable bonds is 5. The number of carbonyl (C=O) groups is 1. The van der Waals surface area contributed by atoms with Gasteiger partial charge in [-0.05, 0) is 51.9 Å². The zero-order chi connectivity index (χ0) is 15.6. The number of likely N-dealkylation sites (N-methyl/N-ethyl adjacent to an activating group) is 1. The molecule has 0 saturated carbocycles. The normalized spacial score (nSPS) is 12.7. The molecule has 0 aliphatic heterocycles. The van der Waals surface area contributed by atoms with Crippen LogP contribution in [0.3, 0.4) is 0 Å². The molecule has 0 N–H and O–H groups in total. The molecule has 0 bridgehead atoms. The molecule has 0 radical (unpaired) electrons. The van der Waals surface area contributed by atoms with Crippen LogP contribution in [0.2, 0.25) is 0 Å². The summed E-state index contributed by atoms with van der Waals surface area (Å²) in [7, 11) is 1.97. The minimum absolute atomic E-state index is 0.158. The lowest BCUT2D eigenvalue weighted by Gasteiger charge is -2.23. The molecule has 0 aliphatic carbocycles. The third-order valence-electron chi connectivity index (χ3n) is 3.91. The van der Waals surface area contributed by atoms with Crippen molar-refractivity contribution in [3.05, 3.63) is 51.0 Å². The Labute approximate surface area is 130 Å². The number of aryl methyl sites for hydroxylation is 3. The van der Waals surface area contributed by atoms with E-state index in [1.807, 2.05) is 50.9 Å². The van der Waals surface area contributed by atoms with Crippen molar-refractivity contribution >= 4 is 17.1 Å². The number of hydrogen-bond acceptors (Lipinski definition) is 4. The van der Waals surface area contributed by atoms with Gasteiger partial charge in [0.25, 0.3) is 0 Å². The van der Waals surface area contributed by atoms with Crippen molar-refractivity contribution in [2.24, 2.45) is 0 Å². The van der Waals surface area contributed by atoms with E-state index >= 15 is 0 Å². The van der Waals surface area contributed by atoms with Gasteiger partial charge in [-0.1, -0.05) is 12.1 Å². The zero-order valence-electron chi connectivity index (χ0n) is 13.3. The van der Waals surface area contributed by atoms with Gasteiger partial charge in [0.1, 0.15) is 0 Å². The van der Waals surface area contributed by atoms with Crippen LogP contribution in [0.1, 0.15) is 39.1 Å². The van der Waals surface area contributed by atoms with Gasteiger partial charge < -0.3 is 0 Å². The Morgan fingerprint density at radius 2 is 2.00 bits per heavy atom. The van der Waals surface area contributed by atoms with Gasteiger partial charge in [-0.2, -0.15) is 0 Å². The van der Waals surface area contributed by atoms with Gasteiger partial charge in [-0.15, -0.1) is 11.3 Å². The second-order valence-electron chi connectivity index (χ2n) is 5.61. The highest BCUT2D eigenvalue weighted by Crippen LogP contribution is 2.16. The quantitative estimate of drug-likeness (QED) is 0.788. The number of aromatic nitrogens is 1. The smallest absolute Gasteiger partial charge is 0.179 e. The van der Waals surface area contributed by atoms with Crippen molar-refractivity contribution < 1.29 is 4.79 Å². The van der Waals surface area contributed by atoms with Gasteiger partial charge in [0.2, 0.25) is 0 Å². The van der Waals surface area contributed by atoms with E-state index in [-0.39, 0.29) is 11.8 Å².